The molecule has 0 bridgehead atoms. The zero-order valence-corrected chi connectivity index (χ0v) is 15.2. The van der Waals surface area contributed by atoms with E-state index in [-0.39, 0.29) is 5.56 Å². The summed E-state index contributed by atoms with van der Waals surface area (Å²) in [5, 5.41) is 1.38. The van der Waals surface area contributed by atoms with Crippen LogP contribution in [-0.4, -0.2) is 17.1 Å². The van der Waals surface area contributed by atoms with Crippen LogP contribution in [0.15, 0.2) is 45.7 Å². The Morgan fingerprint density at radius 3 is 2.61 bits per heavy atom. The van der Waals surface area contributed by atoms with Crippen molar-refractivity contribution in [3.8, 4) is 5.69 Å². The standard InChI is InChI=1S/C16H11BrClNO3S/c1-2-22-16(21)14-13(17)11-7-8-12(20)19(15(11)23-14)10-5-3-9(18)4-6-10/h3-8H,2H2,1H3. The minimum Gasteiger partial charge on any atom is -0.462 e. The number of ether oxygens (including phenoxy) is 1. The number of carbonyl (C=O) groups is 1. The number of nitrogens with zero attached hydrogens (tertiary/aromatic N) is 1. The zero-order chi connectivity index (χ0) is 16.6. The summed E-state index contributed by atoms with van der Waals surface area (Å²) in [4.78, 5) is 25.5. The van der Waals surface area contributed by atoms with Crippen LogP contribution < -0.4 is 5.56 Å². The van der Waals surface area contributed by atoms with E-state index < -0.39 is 5.97 Å². The van der Waals surface area contributed by atoms with Crippen LogP contribution in [0, 0.1) is 0 Å². The Kier molecular flexibility index (Phi) is 4.57. The number of rotatable bonds is 3. The lowest BCUT2D eigenvalue weighted by molar-refractivity contribution is 0.0531. The highest BCUT2D eigenvalue weighted by Gasteiger charge is 2.20. The van der Waals surface area contributed by atoms with E-state index in [0.29, 0.717) is 31.5 Å². The highest BCUT2D eigenvalue weighted by molar-refractivity contribution is 9.10. The van der Waals surface area contributed by atoms with Gasteiger partial charge in [-0.05, 0) is 53.2 Å². The van der Waals surface area contributed by atoms with Gasteiger partial charge in [0, 0.05) is 16.5 Å². The van der Waals surface area contributed by atoms with Gasteiger partial charge in [-0.15, -0.1) is 11.3 Å². The van der Waals surface area contributed by atoms with Crippen molar-refractivity contribution in [1.29, 1.82) is 0 Å². The van der Waals surface area contributed by atoms with Crippen LogP contribution in [-0.2, 0) is 4.74 Å². The van der Waals surface area contributed by atoms with Crippen LogP contribution in [0.4, 0.5) is 0 Å². The summed E-state index contributed by atoms with van der Waals surface area (Å²) in [5.41, 5.74) is 0.512. The first-order valence-corrected chi connectivity index (χ1v) is 8.78. The van der Waals surface area contributed by atoms with Gasteiger partial charge in [0.1, 0.15) is 9.71 Å². The first-order chi connectivity index (χ1) is 11.0. The van der Waals surface area contributed by atoms with E-state index in [9.17, 15) is 9.59 Å². The van der Waals surface area contributed by atoms with Crippen molar-refractivity contribution in [3.63, 3.8) is 0 Å². The molecule has 0 aliphatic heterocycles. The largest absolute Gasteiger partial charge is 0.462 e. The predicted octanol–water partition coefficient (Wildman–Crippen LogP) is 4.64. The number of fused-ring (bicyclic) bond motifs is 1. The average Bonchev–Trinajstić information content (AvgIpc) is 2.86. The molecule has 0 atom stereocenters. The second-order valence-electron chi connectivity index (χ2n) is 4.67. The van der Waals surface area contributed by atoms with Gasteiger partial charge in [0.05, 0.1) is 16.8 Å². The smallest absolute Gasteiger partial charge is 0.349 e. The van der Waals surface area contributed by atoms with Crippen LogP contribution >= 0.6 is 38.9 Å². The molecule has 0 spiro atoms. The third-order valence-electron chi connectivity index (χ3n) is 3.23. The number of hydrogen-bond donors (Lipinski definition) is 0. The number of benzene rings is 1. The fraction of sp³-hybridized carbons (Fsp3) is 0.125. The Morgan fingerprint density at radius 1 is 1.26 bits per heavy atom. The molecule has 23 heavy (non-hydrogen) atoms. The molecule has 0 radical (unpaired) electrons. The zero-order valence-electron chi connectivity index (χ0n) is 12.0. The first-order valence-electron chi connectivity index (χ1n) is 6.80. The van der Waals surface area contributed by atoms with Crippen LogP contribution in [0.25, 0.3) is 15.9 Å². The number of aromatic nitrogens is 1. The van der Waals surface area contributed by atoms with Crippen molar-refractivity contribution in [3.05, 3.63) is 61.1 Å². The molecular formula is C16H11BrClNO3S. The molecule has 118 valence electrons. The molecule has 2 aromatic heterocycles. The predicted molar refractivity (Wildman–Crippen MR) is 96.1 cm³/mol. The summed E-state index contributed by atoms with van der Waals surface area (Å²) in [6.07, 6.45) is 0. The van der Waals surface area contributed by atoms with Gasteiger partial charge < -0.3 is 4.74 Å². The van der Waals surface area contributed by atoms with Crippen LogP contribution in [0.5, 0.6) is 0 Å². The van der Waals surface area contributed by atoms with Crippen molar-refractivity contribution in [2.24, 2.45) is 0 Å². The molecule has 2 heterocycles. The summed E-state index contributed by atoms with van der Waals surface area (Å²) in [6, 6.07) is 10.1. The SMILES string of the molecule is CCOC(=O)c1sc2c(ccc(=O)n2-c2ccc(Cl)cc2)c1Br. The molecule has 0 N–H and O–H groups in total. The maximum atomic E-state index is 12.3. The molecule has 7 heteroatoms. The Morgan fingerprint density at radius 2 is 1.96 bits per heavy atom. The fourth-order valence-electron chi connectivity index (χ4n) is 2.22. The van der Waals surface area contributed by atoms with Crippen molar-refractivity contribution < 1.29 is 9.53 Å². The van der Waals surface area contributed by atoms with E-state index in [1.807, 2.05) is 0 Å². The van der Waals surface area contributed by atoms with E-state index in [4.69, 9.17) is 16.3 Å². The maximum Gasteiger partial charge on any atom is 0.349 e. The summed E-state index contributed by atoms with van der Waals surface area (Å²) >= 11 is 10.6. The molecule has 0 fully saturated rings. The van der Waals surface area contributed by atoms with Crippen molar-refractivity contribution in [2.45, 2.75) is 6.92 Å². The second-order valence-corrected chi connectivity index (χ2v) is 6.90. The Labute approximate surface area is 149 Å². The summed E-state index contributed by atoms with van der Waals surface area (Å²) < 4.78 is 7.26. The van der Waals surface area contributed by atoms with E-state index >= 15 is 0 Å². The molecule has 1 aromatic carbocycles. The molecule has 0 saturated carbocycles. The van der Waals surface area contributed by atoms with Crippen LogP contribution in [0.3, 0.4) is 0 Å². The van der Waals surface area contributed by atoms with Gasteiger partial charge >= 0.3 is 5.97 Å². The van der Waals surface area contributed by atoms with Crippen molar-refractivity contribution in [2.75, 3.05) is 6.61 Å². The highest BCUT2D eigenvalue weighted by atomic mass is 79.9. The van der Waals surface area contributed by atoms with E-state index in [1.165, 1.54) is 17.4 Å². The quantitative estimate of drug-likeness (QED) is 0.589. The Bertz CT molecular complexity index is 946. The molecule has 0 unspecified atom stereocenters. The number of hydrogen-bond acceptors (Lipinski definition) is 4. The van der Waals surface area contributed by atoms with Crippen LogP contribution in [0.1, 0.15) is 16.6 Å². The minimum absolute atomic E-state index is 0.177. The molecule has 4 nitrogen and oxygen atoms in total. The number of halogens is 2. The van der Waals surface area contributed by atoms with Gasteiger partial charge in [0.25, 0.3) is 5.56 Å². The van der Waals surface area contributed by atoms with Gasteiger partial charge in [0.2, 0.25) is 0 Å². The van der Waals surface area contributed by atoms with Gasteiger partial charge in [-0.1, -0.05) is 11.6 Å². The Balaban J connectivity index is 2.28. The van der Waals surface area contributed by atoms with Gasteiger partial charge in [-0.3, -0.25) is 9.36 Å². The summed E-state index contributed by atoms with van der Waals surface area (Å²) in [5.74, 6) is -0.407. The summed E-state index contributed by atoms with van der Waals surface area (Å²) in [7, 11) is 0. The van der Waals surface area contributed by atoms with Gasteiger partial charge in [-0.25, -0.2) is 4.79 Å². The molecular weight excluding hydrogens is 402 g/mol. The third kappa shape index (κ3) is 2.94. The number of esters is 1. The topological polar surface area (TPSA) is 48.3 Å². The second kappa shape index (κ2) is 6.47. The summed E-state index contributed by atoms with van der Waals surface area (Å²) in [6.45, 7) is 2.05. The molecule has 0 aliphatic carbocycles. The maximum absolute atomic E-state index is 12.3. The normalized spacial score (nSPS) is 10.9. The van der Waals surface area contributed by atoms with E-state index in [2.05, 4.69) is 15.9 Å². The number of pyridine rings is 1. The molecule has 0 saturated heterocycles. The molecule has 0 amide bonds. The number of thiophene rings is 1. The van der Waals surface area contributed by atoms with Crippen molar-refractivity contribution >= 4 is 55.1 Å². The van der Waals surface area contributed by atoms with E-state index in [1.54, 1.807) is 41.8 Å². The minimum atomic E-state index is -0.407. The highest BCUT2D eigenvalue weighted by Crippen LogP contribution is 2.36. The molecule has 0 aliphatic rings. The number of carbonyl (C=O) groups excluding carboxylic acids is 1. The fourth-order valence-corrected chi connectivity index (χ4v) is 4.30. The van der Waals surface area contributed by atoms with Gasteiger partial charge in [-0.2, -0.15) is 0 Å². The van der Waals surface area contributed by atoms with Crippen molar-refractivity contribution in [1.82, 2.24) is 4.57 Å². The first kappa shape index (κ1) is 16.2. The van der Waals surface area contributed by atoms with E-state index in [0.717, 1.165) is 5.39 Å². The van der Waals surface area contributed by atoms with Crippen LogP contribution in [0.2, 0.25) is 5.02 Å². The lowest BCUT2D eigenvalue weighted by Crippen LogP contribution is -2.16. The third-order valence-corrected chi connectivity index (χ3v) is 5.74. The lowest BCUT2D eigenvalue weighted by Gasteiger charge is -2.07. The lowest BCUT2D eigenvalue weighted by atomic mass is 10.2. The average molecular weight is 413 g/mol. The monoisotopic (exact) mass is 411 g/mol. The van der Waals surface area contributed by atoms with Gasteiger partial charge in [0.15, 0.2) is 0 Å². The molecule has 3 aromatic rings. The Hall–Kier alpha value is -1.63. The molecule has 3 rings (SSSR count).